The van der Waals surface area contributed by atoms with Gasteiger partial charge in [0.15, 0.2) is 12.4 Å². The van der Waals surface area contributed by atoms with Crippen LogP contribution in [0.5, 0.6) is 0 Å². The van der Waals surface area contributed by atoms with Crippen LogP contribution in [-0.4, -0.2) is 26.3 Å². The fraction of sp³-hybridized carbons (Fsp3) is 0.273. The Balaban J connectivity index is 2.36. The zero-order chi connectivity index (χ0) is 14.7. The Kier molecular flexibility index (Phi) is 4.41. The molecule has 2 atom stereocenters. The van der Waals surface area contributed by atoms with Crippen LogP contribution in [0.15, 0.2) is 24.5 Å². The number of nitrogens with zero attached hydrogens (tertiary/aromatic N) is 4. The molecule has 0 radical (unpaired) electrons. The third kappa shape index (κ3) is 3.17. The van der Waals surface area contributed by atoms with Crippen LogP contribution in [0.25, 0.3) is 0 Å². The summed E-state index contributed by atoms with van der Waals surface area (Å²) in [5.74, 6) is 0. The zero-order valence-electron chi connectivity index (χ0n) is 10.4. The monoisotopic (exact) mass is 315 g/mol. The Labute approximate surface area is 124 Å². The number of benzene rings is 1. The van der Waals surface area contributed by atoms with Crippen LogP contribution in [-0.2, 0) is 4.74 Å². The van der Waals surface area contributed by atoms with Gasteiger partial charge in [-0.25, -0.2) is 4.79 Å². The number of tetrazole rings is 1. The summed E-state index contributed by atoms with van der Waals surface area (Å²) in [6.45, 7) is 1.76. The molecular formula is C11H11Cl2N5O2. The maximum Gasteiger partial charge on any atom is 0.405 e. The van der Waals surface area contributed by atoms with Gasteiger partial charge in [-0.15, -0.1) is 10.2 Å². The van der Waals surface area contributed by atoms with Gasteiger partial charge < -0.3 is 10.5 Å². The molecule has 7 nitrogen and oxygen atoms in total. The number of aromatic nitrogens is 4. The Morgan fingerprint density at radius 2 is 2.15 bits per heavy atom. The van der Waals surface area contributed by atoms with Crippen LogP contribution in [0.4, 0.5) is 4.79 Å². The first-order chi connectivity index (χ1) is 9.49. The molecule has 20 heavy (non-hydrogen) atoms. The standard InChI is InChI=1S/C11H11Cl2N5O2/c1-6(18-16-5-15-17-18)10(20-11(14)19)7-2-3-8(12)9(13)4-7/h2-6,10H,1H3,(H2,14,19). The van der Waals surface area contributed by atoms with Gasteiger partial charge in [0.1, 0.15) is 6.04 Å². The van der Waals surface area contributed by atoms with Crippen molar-refractivity contribution >= 4 is 29.3 Å². The van der Waals surface area contributed by atoms with E-state index >= 15 is 0 Å². The highest BCUT2D eigenvalue weighted by Gasteiger charge is 2.26. The maximum absolute atomic E-state index is 11.1. The van der Waals surface area contributed by atoms with Crippen molar-refractivity contribution in [1.82, 2.24) is 20.2 Å². The summed E-state index contributed by atoms with van der Waals surface area (Å²) in [7, 11) is 0. The molecule has 9 heteroatoms. The summed E-state index contributed by atoms with van der Waals surface area (Å²) in [5.41, 5.74) is 5.73. The van der Waals surface area contributed by atoms with Crippen molar-refractivity contribution in [2.45, 2.75) is 19.1 Å². The fourth-order valence-electron chi connectivity index (χ4n) is 1.74. The van der Waals surface area contributed by atoms with Crippen LogP contribution in [0, 0.1) is 0 Å². The molecule has 0 aliphatic heterocycles. The zero-order valence-corrected chi connectivity index (χ0v) is 11.9. The molecule has 0 saturated heterocycles. The highest BCUT2D eigenvalue weighted by Crippen LogP contribution is 2.32. The van der Waals surface area contributed by atoms with Gasteiger partial charge in [-0.05, 0) is 29.8 Å². The number of hydrogen-bond donors (Lipinski definition) is 1. The van der Waals surface area contributed by atoms with Crippen molar-refractivity contribution in [3.05, 3.63) is 40.1 Å². The minimum Gasteiger partial charge on any atom is -0.439 e. The predicted octanol–water partition coefficient (Wildman–Crippen LogP) is 2.38. The first-order valence-corrected chi connectivity index (χ1v) is 6.38. The van der Waals surface area contributed by atoms with E-state index in [2.05, 4.69) is 15.4 Å². The van der Waals surface area contributed by atoms with E-state index in [1.165, 1.54) is 11.1 Å². The topological polar surface area (TPSA) is 95.9 Å². The Hall–Kier alpha value is -1.86. The summed E-state index contributed by atoms with van der Waals surface area (Å²) in [5, 5.41) is 12.1. The molecule has 0 aliphatic carbocycles. The first kappa shape index (κ1) is 14.5. The van der Waals surface area contributed by atoms with Gasteiger partial charge in [0.25, 0.3) is 0 Å². The average Bonchev–Trinajstić information content (AvgIpc) is 2.92. The summed E-state index contributed by atoms with van der Waals surface area (Å²) < 4.78 is 5.13. The van der Waals surface area contributed by atoms with Gasteiger partial charge in [0.05, 0.1) is 10.0 Å². The number of nitrogens with two attached hydrogens (primary N) is 1. The van der Waals surface area contributed by atoms with Crippen molar-refractivity contribution in [3.8, 4) is 0 Å². The van der Waals surface area contributed by atoms with E-state index in [9.17, 15) is 4.79 Å². The Bertz CT molecular complexity index is 605. The molecule has 2 unspecified atom stereocenters. The Morgan fingerprint density at radius 1 is 1.40 bits per heavy atom. The molecule has 2 N–H and O–H groups in total. The van der Waals surface area contributed by atoms with E-state index in [1.54, 1.807) is 25.1 Å². The van der Waals surface area contributed by atoms with Gasteiger partial charge in [0, 0.05) is 0 Å². The SMILES string of the molecule is CC(C(OC(N)=O)c1ccc(Cl)c(Cl)c1)n1ncnn1. The van der Waals surface area contributed by atoms with Gasteiger partial charge in [-0.3, -0.25) is 0 Å². The largest absolute Gasteiger partial charge is 0.439 e. The quantitative estimate of drug-likeness (QED) is 0.934. The van der Waals surface area contributed by atoms with Crippen molar-refractivity contribution in [1.29, 1.82) is 0 Å². The first-order valence-electron chi connectivity index (χ1n) is 5.62. The third-order valence-electron chi connectivity index (χ3n) is 2.68. The van der Waals surface area contributed by atoms with Crippen LogP contribution < -0.4 is 5.73 Å². The molecule has 1 aromatic heterocycles. The lowest BCUT2D eigenvalue weighted by Crippen LogP contribution is -2.25. The molecule has 0 bridgehead atoms. The van der Waals surface area contributed by atoms with Crippen LogP contribution in [0.2, 0.25) is 10.0 Å². The normalized spacial score (nSPS) is 13.8. The lowest BCUT2D eigenvalue weighted by molar-refractivity contribution is 0.0677. The van der Waals surface area contributed by atoms with E-state index < -0.39 is 18.2 Å². The molecule has 0 saturated carbocycles. The second-order valence-electron chi connectivity index (χ2n) is 4.03. The maximum atomic E-state index is 11.1. The molecule has 2 rings (SSSR count). The number of primary amides is 1. The second-order valence-corrected chi connectivity index (χ2v) is 4.84. The van der Waals surface area contributed by atoms with Crippen molar-refractivity contribution < 1.29 is 9.53 Å². The number of halogens is 2. The number of rotatable bonds is 4. The molecule has 0 spiro atoms. The van der Waals surface area contributed by atoms with E-state index in [0.29, 0.717) is 15.6 Å². The highest BCUT2D eigenvalue weighted by molar-refractivity contribution is 6.42. The van der Waals surface area contributed by atoms with Gasteiger partial charge in [-0.1, -0.05) is 29.3 Å². The number of amides is 1. The second kappa shape index (κ2) is 6.06. The van der Waals surface area contributed by atoms with Crippen LogP contribution in [0.1, 0.15) is 24.6 Å². The molecule has 1 amide bonds. The lowest BCUT2D eigenvalue weighted by Gasteiger charge is -2.22. The summed E-state index contributed by atoms with van der Waals surface area (Å²) in [6, 6.07) is 4.49. The van der Waals surface area contributed by atoms with E-state index in [4.69, 9.17) is 33.7 Å². The molecule has 0 aliphatic rings. The average molecular weight is 316 g/mol. The number of hydrogen-bond acceptors (Lipinski definition) is 5. The minimum atomic E-state index is -0.909. The van der Waals surface area contributed by atoms with Crippen molar-refractivity contribution in [2.75, 3.05) is 0 Å². The van der Waals surface area contributed by atoms with Gasteiger partial charge in [-0.2, -0.15) is 4.80 Å². The summed E-state index contributed by atoms with van der Waals surface area (Å²) >= 11 is 11.8. The number of carbonyl (C=O) groups excluding carboxylic acids is 1. The predicted molar refractivity (Wildman–Crippen MR) is 72.4 cm³/mol. The number of ether oxygens (including phenoxy) is 1. The number of carbonyl (C=O) groups is 1. The van der Waals surface area contributed by atoms with Crippen LogP contribution >= 0.6 is 23.2 Å². The van der Waals surface area contributed by atoms with Crippen LogP contribution in [0.3, 0.4) is 0 Å². The molecule has 1 heterocycles. The highest BCUT2D eigenvalue weighted by atomic mass is 35.5. The van der Waals surface area contributed by atoms with E-state index in [1.807, 2.05) is 0 Å². The lowest BCUT2D eigenvalue weighted by atomic mass is 10.0. The van der Waals surface area contributed by atoms with Crippen molar-refractivity contribution in [3.63, 3.8) is 0 Å². The smallest absolute Gasteiger partial charge is 0.405 e. The van der Waals surface area contributed by atoms with Crippen molar-refractivity contribution in [2.24, 2.45) is 5.73 Å². The van der Waals surface area contributed by atoms with E-state index in [-0.39, 0.29) is 0 Å². The molecule has 1 aromatic carbocycles. The van der Waals surface area contributed by atoms with Gasteiger partial charge in [0.2, 0.25) is 0 Å². The molecule has 2 aromatic rings. The molecule has 106 valence electrons. The summed E-state index contributed by atoms with van der Waals surface area (Å²) in [4.78, 5) is 12.4. The summed E-state index contributed by atoms with van der Waals surface area (Å²) in [6.07, 6.45) is -0.336. The third-order valence-corrected chi connectivity index (χ3v) is 3.42. The fourth-order valence-corrected chi connectivity index (χ4v) is 2.05. The van der Waals surface area contributed by atoms with E-state index in [0.717, 1.165) is 0 Å². The molecular weight excluding hydrogens is 305 g/mol. The Morgan fingerprint density at radius 3 is 2.70 bits per heavy atom. The minimum absolute atomic E-state index is 0.348. The van der Waals surface area contributed by atoms with Gasteiger partial charge >= 0.3 is 6.09 Å². The molecule has 0 fully saturated rings.